The van der Waals surface area contributed by atoms with E-state index in [4.69, 9.17) is 0 Å². The van der Waals surface area contributed by atoms with Crippen LogP contribution in [0.5, 0.6) is 0 Å². The Hall–Kier alpha value is -0.620. The molecule has 2 rings (SSSR count). The Labute approximate surface area is 89.0 Å². The molecule has 0 spiro atoms. The summed E-state index contributed by atoms with van der Waals surface area (Å²) >= 11 is 0. The van der Waals surface area contributed by atoms with E-state index in [1.165, 1.54) is 0 Å². The van der Waals surface area contributed by atoms with Crippen LogP contribution in [0, 0.1) is 5.92 Å². The molecule has 0 aromatic rings. The molecule has 2 aliphatic heterocycles. The number of hydrogen-bond donors (Lipinski definition) is 1. The highest BCUT2D eigenvalue weighted by Gasteiger charge is 2.37. The average Bonchev–Trinajstić information content (AvgIpc) is 2.71. The van der Waals surface area contributed by atoms with Gasteiger partial charge in [0.2, 0.25) is 5.91 Å². The molecule has 86 valence electrons. The van der Waals surface area contributed by atoms with Gasteiger partial charge in [0.1, 0.15) is 0 Å². The van der Waals surface area contributed by atoms with Crippen LogP contribution in [-0.4, -0.2) is 55.0 Å². The van der Waals surface area contributed by atoms with Gasteiger partial charge in [-0.15, -0.1) is 0 Å². The Balaban J connectivity index is 1.98. The second kappa shape index (κ2) is 3.75. The van der Waals surface area contributed by atoms with E-state index in [-0.39, 0.29) is 23.3 Å². The van der Waals surface area contributed by atoms with E-state index >= 15 is 0 Å². The maximum atomic E-state index is 11.8. The van der Waals surface area contributed by atoms with Crippen LogP contribution in [0.25, 0.3) is 0 Å². The number of carbonyl (C=O) groups is 1. The van der Waals surface area contributed by atoms with Crippen molar-refractivity contribution in [2.45, 2.75) is 18.9 Å². The Bertz CT molecular complexity index is 364. The van der Waals surface area contributed by atoms with Gasteiger partial charge in [0, 0.05) is 13.1 Å². The first-order chi connectivity index (χ1) is 6.98. The molecule has 2 heterocycles. The third-order valence-corrected chi connectivity index (χ3v) is 4.82. The summed E-state index contributed by atoms with van der Waals surface area (Å²) in [6, 6.07) is 0. The second-order valence-corrected chi connectivity index (χ2v) is 6.56. The van der Waals surface area contributed by atoms with E-state index in [1.807, 2.05) is 0 Å². The lowest BCUT2D eigenvalue weighted by atomic mass is 10.1. The molecule has 0 bridgehead atoms. The van der Waals surface area contributed by atoms with Gasteiger partial charge in [-0.05, 0) is 12.8 Å². The summed E-state index contributed by atoms with van der Waals surface area (Å²) in [5, 5.41) is 9.28. The first-order valence-electron chi connectivity index (χ1n) is 5.15. The first kappa shape index (κ1) is 10.9. The smallest absolute Gasteiger partial charge is 0.226 e. The molecule has 2 unspecified atom stereocenters. The average molecular weight is 233 g/mol. The quantitative estimate of drug-likeness (QED) is 0.631. The van der Waals surface area contributed by atoms with Crippen LogP contribution in [0.15, 0.2) is 0 Å². The Morgan fingerprint density at radius 3 is 2.53 bits per heavy atom. The fourth-order valence-corrected chi connectivity index (χ4v) is 3.92. The van der Waals surface area contributed by atoms with Gasteiger partial charge in [0.15, 0.2) is 9.84 Å². The number of hydrogen-bond acceptors (Lipinski definition) is 4. The highest BCUT2D eigenvalue weighted by molar-refractivity contribution is 7.91. The standard InChI is InChI=1S/C9H15NO4S/c11-8-1-3-10(5-8)9(12)7-2-4-15(13,14)6-7/h7-8,11H,1-6H2. The number of nitrogens with zero attached hydrogens (tertiary/aromatic N) is 1. The summed E-state index contributed by atoms with van der Waals surface area (Å²) in [6.07, 6.45) is 0.603. The van der Waals surface area contributed by atoms with Gasteiger partial charge in [-0.3, -0.25) is 4.79 Å². The van der Waals surface area contributed by atoms with Crippen LogP contribution < -0.4 is 0 Å². The number of carbonyl (C=O) groups excluding carboxylic acids is 1. The molecule has 5 nitrogen and oxygen atoms in total. The van der Waals surface area contributed by atoms with Crippen molar-refractivity contribution in [1.29, 1.82) is 0 Å². The van der Waals surface area contributed by atoms with E-state index in [0.717, 1.165) is 0 Å². The first-order valence-corrected chi connectivity index (χ1v) is 6.97. The lowest BCUT2D eigenvalue weighted by molar-refractivity contribution is -0.134. The molecule has 0 aromatic heterocycles. The zero-order valence-electron chi connectivity index (χ0n) is 8.42. The molecule has 0 aromatic carbocycles. The summed E-state index contributed by atoms with van der Waals surface area (Å²) in [5.74, 6) is -0.369. The van der Waals surface area contributed by atoms with E-state index in [2.05, 4.69) is 0 Å². The van der Waals surface area contributed by atoms with Crippen LogP contribution in [0.1, 0.15) is 12.8 Å². The number of aliphatic hydroxyl groups excluding tert-OH is 1. The normalized spacial score (nSPS) is 34.6. The van der Waals surface area contributed by atoms with Gasteiger partial charge in [0.05, 0.1) is 23.5 Å². The van der Waals surface area contributed by atoms with E-state index in [1.54, 1.807) is 4.90 Å². The predicted octanol–water partition coefficient (Wildman–Crippen LogP) is -0.986. The van der Waals surface area contributed by atoms with Crippen LogP contribution in [0.3, 0.4) is 0 Å². The summed E-state index contributed by atoms with van der Waals surface area (Å²) in [6.45, 7) is 0.909. The molecule has 15 heavy (non-hydrogen) atoms. The monoisotopic (exact) mass is 233 g/mol. The minimum atomic E-state index is -2.99. The number of likely N-dealkylation sites (tertiary alicyclic amines) is 1. The predicted molar refractivity (Wildman–Crippen MR) is 54.0 cm³/mol. The van der Waals surface area contributed by atoms with Crippen molar-refractivity contribution in [1.82, 2.24) is 4.90 Å². The fourth-order valence-electron chi connectivity index (χ4n) is 2.19. The number of amides is 1. The highest BCUT2D eigenvalue weighted by atomic mass is 32.2. The molecule has 0 radical (unpaired) electrons. The van der Waals surface area contributed by atoms with E-state index in [0.29, 0.717) is 25.9 Å². The summed E-state index contributed by atoms with van der Waals surface area (Å²) in [7, 11) is -2.99. The maximum absolute atomic E-state index is 11.8. The van der Waals surface area contributed by atoms with Crippen molar-refractivity contribution >= 4 is 15.7 Å². The Morgan fingerprint density at radius 2 is 2.07 bits per heavy atom. The molecule has 2 saturated heterocycles. The van der Waals surface area contributed by atoms with E-state index in [9.17, 15) is 18.3 Å². The summed E-state index contributed by atoms with van der Waals surface area (Å²) in [5.41, 5.74) is 0. The maximum Gasteiger partial charge on any atom is 0.226 e. The Morgan fingerprint density at radius 1 is 1.33 bits per heavy atom. The van der Waals surface area contributed by atoms with Crippen molar-refractivity contribution in [3.63, 3.8) is 0 Å². The fraction of sp³-hybridized carbons (Fsp3) is 0.889. The zero-order chi connectivity index (χ0) is 11.1. The molecule has 2 atom stereocenters. The second-order valence-electron chi connectivity index (χ2n) is 4.33. The third-order valence-electron chi connectivity index (χ3n) is 3.06. The van der Waals surface area contributed by atoms with Crippen LogP contribution in [-0.2, 0) is 14.6 Å². The van der Waals surface area contributed by atoms with Crippen LogP contribution in [0.2, 0.25) is 0 Å². The van der Waals surface area contributed by atoms with Crippen molar-refractivity contribution in [2.75, 3.05) is 24.6 Å². The molecular formula is C9H15NO4S. The summed E-state index contributed by atoms with van der Waals surface area (Å²) in [4.78, 5) is 13.4. The number of sulfone groups is 1. The van der Waals surface area contributed by atoms with Crippen molar-refractivity contribution in [3.05, 3.63) is 0 Å². The van der Waals surface area contributed by atoms with Crippen LogP contribution in [0.4, 0.5) is 0 Å². The van der Waals surface area contributed by atoms with Gasteiger partial charge in [-0.25, -0.2) is 8.42 Å². The van der Waals surface area contributed by atoms with Crippen molar-refractivity contribution in [2.24, 2.45) is 5.92 Å². The molecule has 2 fully saturated rings. The highest BCUT2D eigenvalue weighted by Crippen LogP contribution is 2.22. The van der Waals surface area contributed by atoms with Gasteiger partial charge < -0.3 is 10.0 Å². The molecule has 0 saturated carbocycles. The Kier molecular flexibility index (Phi) is 2.72. The van der Waals surface area contributed by atoms with Gasteiger partial charge in [-0.2, -0.15) is 0 Å². The minimum absolute atomic E-state index is 0.0154. The summed E-state index contributed by atoms with van der Waals surface area (Å²) < 4.78 is 22.4. The number of β-amino-alcohol motifs (C(OH)–C–C–N with tert-alkyl or cyclic N) is 1. The zero-order valence-corrected chi connectivity index (χ0v) is 9.24. The van der Waals surface area contributed by atoms with Gasteiger partial charge in [-0.1, -0.05) is 0 Å². The van der Waals surface area contributed by atoms with E-state index < -0.39 is 15.9 Å². The molecule has 6 heteroatoms. The van der Waals surface area contributed by atoms with Crippen molar-refractivity contribution in [3.8, 4) is 0 Å². The third kappa shape index (κ3) is 2.31. The lowest BCUT2D eigenvalue weighted by Gasteiger charge is -2.18. The van der Waals surface area contributed by atoms with Gasteiger partial charge in [0.25, 0.3) is 0 Å². The number of rotatable bonds is 1. The molecule has 1 N–H and O–H groups in total. The topological polar surface area (TPSA) is 74.7 Å². The van der Waals surface area contributed by atoms with Crippen molar-refractivity contribution < 1.29 is 18.3 Å². The molecule has 0 aliphatic carbocycles. The largest absolute Gasteiger partial charge is 0.391 e. The minimum Gasteiger partial charge on any atom is -0.391 e. The number of aliphatic hydroxyl groups is 1. The van der Waals surface area contributed by atoms with Crippen LogP contribution >= 0.6 is 0 Å². The molecular weight excluding hydrogens is 218 g/mol. The van der Waals surface area contributed by atoms with Gasteiger partial charge >= 0.3 is 0 Å². The molecule has 1 amide bonds. The SMILES string of the molecule is O=C(C1CCS(=O)(=O)C1)N1CCC(O)C1. The lowest BCUT2D eigenvalue weighted by Crippen LogP contribution is -2.35. The molecule has 2 aliphatic rings.